The highest BCUT2D eigenvalue weighted by Crippen LogP contribution is 2.22. The topological polar surface area (TPSA) is 95.5 Å². The Bertz CT molecular complexity index is 559. The van der Waals surface area contributed by atoms with Crippen molar-refractivity contribution in [3.05, 3.63) is 28.2 Å². The van der Waals surface area contributed by atoms with Crippen LogP contribution in [0, 0.1) is 5.92 Å². The average molecular weight is 327 g/mol. The van der Waals surface area contributed by atoms with Crippen LogP contribution in [0.3, 0.4) is 0 Å². The molecule has 1 unspecified atom stereocenters. The smallest absolute Gasteiger partial charge is 0.337 e. The van der Waals surface area contributed by atoms with Gasteiger partial charge in [-0.05, 0) is 18.2 Å². The Balaban J connectivity index is 2.17. The quantitative estimate of drug-likeness (QED) is 0.778. The highest BCUT2D eigenvalue weighted by molar-refractivity contribution is 9.10. The normalized spacial score (nSPS) is 17.9. The fourth-order valence-electron chi connectivity index (χ4n) is 1.83. The Morgan fingerprint density at radius 3 is 2.74 bits per heavy atom. The molecule has 1 atom stereocenters. The Hall–Kier alpha value is -1.89. The number of hydrogen-bond acceptors (Lipinski definition) is 3. The number of anilines is 1. The minimum atomic E-state index is -1.13. The van der Waals surface area contributed by atoms with Crippen molar-refractivity contribution in [3.63, 3.8) is 0 Å². The number of carboxylic acid groups (broad SMARTS) is 1. The van der Waals surface area contributed by atoms with E-state index in [1.807, 2.05) is 0 Å². The number of benzene rings is 1. The predicted molar refractivity (Wildman–Crippen MR) is 70.8 cm³/mol. The zero-order chi connectivity index (χ0) is 14.0. The summed E-state index contributed by atoms with van der Waals surface area (Å²) in [6.07, 6.45) is 0.130. The van der Waals surface area contributed by atoms with Crippen molar-refractivity contribution in [1.82, 2.24) is 5.32 Å². The summed E-state index contributed by atoms with van der Waals surface area (Å²) in [5.74, 6) is -2.12. The summed E-state index contributed by atoms with van der Waals surface area (Å²) in [5, 5.41) is 14.2. The van der Waals surface area contributed by atoms with E-state index in [2.05, 4.69) is 26.6 Å². The van der Waals surface area contributed by atoms with Gasteiger partial charge >= 0.3 is 5.97 Å². The molecule has 3 N–H and O–H groups in total. The molecule has 1 fully saturated rings. The van der Waals surface area contributed by atoms with Crippen LogP contribution < -0.4 is 10.6 Å². The second kappa shape index (κ2) is 5.40. The van der Waals surface area contributed by atoms with Crippen molar-refractivity contribution < 1.29 is 19.5 Å². The maximum absolute atomic E-state index is 11.9. The number of nitrogens with one attached hydrogen (secondary N) is 2. The summed E-state index contributed by atoms with van der Waals surface area (Å²) in [6.45, 7) is 0.281. The molecule has 0 spiro atoms. The Morgan fingerprint density at radius 2 is 2.16 bits per heavy atom. The lowest BCUT2D eigenvalue weighted by atomic mass is 10.1. The van der Waals surface area contributed by atoms with Crippen LogP contribution in [-0.4, -0.2) is 29.4 Å². The molecule has 6 nitrogen and oxygen atoms in total. The van der Waals surface area contributed by atoms with Gasteiger partial charge in [-0.15, -0.1) is 0 Å². The highest BCUT2D eigenvalue weighted by Gasteiger charge is 2.28. The second-order valence-corrected chi connectivity index (χ2v) is 5.11. The molecule has 1 aliphatic heterocycles. The summed E-state index contributed by atoms with van der Waals surface area (Å²) < 4.78 is 0.612. The van der Waals surface area contributed by atoms with Gasteiger partial charge in [0.1, 0.15) is 0 Å². The fourth-order valence-corrected chi connectivity index (χ4v) is 2.19. The molecular weight excluding hydrogens is 316 g/mol. The molecule has 1 saturated heterocycles. The lowest BCUT2D eigenvalue weighted by Crippen LogP contribution is -2.25. The van der Waals surface area contributed by atoms with Gasteiger partial charge in [0, 0.05) is 17.4 Å². The van der Waals surface area contributed by atoms with Crippen molar-refractivity contribution in [2.45, 2.75) is 6.42 Å². The molecule has 19 heavy (non-hydrogen) atoms. The number of amides is 2. The molecule has 1 aliphatic rings. The van der Waals surface area contributed by atoms with Crippen molar-refractivity contribution in [1.29, 1.82) is 0 Å². The van der Waals surface area contributed by atoms with E-state index in [0.717, 1.165) is 0 Å². The maximum atomic E-state index is 11.9. The molecule has 1 aromatic carbocycles. The summed E-state index contributed by atoms with van der Waals surface area (Å²) >= 11 is 3.17. The first kappa shape index (κ1) is 13.5. The molecule has 100 valence electrons. The van der Waals surface area contributed by atoms with E-state index in [-0.39, 0.29) is 36.0 Å². The summed E-state index contributed by atoms with van der Waals surface area (Å²) in [5.41, 5.74) is 0.222. The molecule has 0 saturated carbocycles. The summed E-state index contributed by atoms with van der Waals surface area (Å²) in [4.78, 5) is 34.0. The van der Waals surface area contributed by atoms with Crippen LogP contribution in [0.2, 0.25) is 0 Å². The van der Waals surface area contributed by atoms with Crippen LogP contribution >= 0.6 is 15.9 Å². The number of carboxylic acids is 1. The van der Waals surface area contributed by atoms with Crippen LogP contribution in [0.1, 0.15) is 16.8 Å². The molecular formula is C12H11BrN2O4. The first-order valence-corrected chi connectivity index (χ1v) is 6.37. The number of rotatable bonds is 3. The third-order valence-electron chi connectivity index (χ3n) is 2.82. The third kappa shape index (κ3) is 3.11. The molecule has 0 aromatic heterocycles. The van der Waals surface area contributed by atoms with Crippen LogP contribution in [0.5, 0.6) is 0 Å². The second-order valence-electron chi connectivity index (χ2n) is 4.19. The van der Waals surface area contributed by atoms with Gasteiger partial charge in [-0.2, -0.15) is 0 Å². The van der Waals surface area contributed by atoms with Gasteiger partial charge in [0.25, 0.3) is 0 Å². The summed E-state index contributed by atoms with van der Waals surface area (Å²) in [7, 11) is 0. The molecule has 1 aromatic rings. The Morgan fingerprint density at radius 1 is 1.42 bits per heavy atom. The molecule has 2 amide bonds. The molecule has 2 rings (SSSR count). The summed E-state index contributed by atoms with van der Waals surface area (Å²) in [6, 6.07) is 4.56. The third-order valence-corrected chi connectivity index (χ3v) is 3.31. The van der Waals surface area contributed by atoms with Crippen molar-refractivity contribution in [2.75, 3.05) is 11.9 Å². The SMILES string of the molecule is O=C1CC(C(=O)Nc2ccc(Br)cc2C(=O)O)CN1. The van der Waals surface area contributed by atoms with E-state index >= 15 is 0 Å². The zero-order valence-corrected chi connectivity index (χ0v) is 11.4. The van der Waals surface area contributed by atoms with Crippen molar-refractivity contribution in [3.8, 4) is 0 Å². The van der Waals surface area contributed by atoms with Gasteiger partial charge in [0.15, 0.2) is 0 Å². The Kier molecular flexibility index (Phi) is 3.84. The first-order valence-electron chi connectivity index (χ1n) is 5.58. The van der Waals surface area contributed by atoms with Gasteiger partial charge in [0.05, 0.1) is 17.2 Å². The van der Waals surface area contributed by atoms with Crippen LogP contribution in [0.25, 0.3) is 0 Å². The number of aromatic carboxylic acids is 1. The van der Waals surface area contributed by atoms with Gasteiger partial charge in [-0.3, -0.25) is 9.59 Å². The first-order chi connectivity index (χ1) is 8.97. The highest BCUT2D eigenvalue weighted by atomic mass is 79.9. The van der Waals surface area contributed by atoms with Crippen LogP contribution in [0.4, 0.5) is 5.69 Å². The van der Waals surface area contributed by atoms with E-state index in [1.165, 1.54) is 12.1 Å². The van der Waals surface area contributed by atoms with E-state index in [9.17, 15) is 14.4 Å². The van der Waals surface area contributed by atoms with Gasteiger partial charge < -0.3 is 15.7 Å². The largest absolute Gasteiger partial charge is 0.478 e. The molecule has 0 bridgehead atoms. The maximum Gasteiger partial charge on any atom is 0.337 e. The van der Waals surface area contributed by atoms with Crippen LogP contribution in [-0.2, 0) is 9.59 Å². The number of carbonyl (C=O) groups excluding carboxylic acids is 2. The van der Waals surface area contributed by atoms with Crippen molar-refractivity contribution >= 4 is 39.4 Å². The van der Waals surface area contributed by atoms with E-state index in [0.29, 0.717) is 4.47 Å². The number of hydrogen-bond donors (Lipinski definition) is 3. The lowest BCUT2D eigenvalue weighted by molar-refractivity contribution is -0.123. The standard InChI is InChI=1S/C12H11BrN2O4/c13-7-1-2-9(8(4-7)12(18)19)15-11(17)6-3-10(16)14-5-6/h1-2,4,6H,3,5H2,(H,14,16)(H,15,17)(H,18,19). The molecule has 7 heteroatoms. The molecule has 1 heterocycles. The minimum absolute atomic E-state index is 0.00000709. The van der Waals surface area contributed by atoms with Gasteiger partial charge in [-0.1, -0.05) is 15.9 Å². The van der Waals surface area contributed by atoms with E-state index in [4.69, 9.17) is 5.11 Å². The van der Waals surface area contributed by atoms with Crippen LogP contribution in [0.15, 0.2) is 22.7 Å². The minimum Gasteiger partial charge on any atom is -0.478 e. The van der Waals surface area contributed by atoms with Crippen molar-refractivity contribution in [2.24, 2.45) is 5.92 Å². The molecule has 0 aliphatic carbocycles. The number of carbonyl (C=O) groups is 3. The monoisotopic (exact) mass is 326 g/mol. The number of halogens is 1. The average Bonchev–Trinajstić information content (AvgIpc) is 2.78. The fraction of sp³-hybridized carbons (Fsp3) is 0.250. The van der Waals surface area contributed by atoms with E-state index < -0.39 is 11.9 Å². The predicted octanol–water partition coefficient (Wildman–Crippen LogP) is 1.22. The Labute approximate surface area is 117 Å². The van der Waals surface area contributed by atoms with Gasteiger partial charge in [-0.25, -0.2) is 4.79 Å². The van der Waals surface area contributed by atoms with Gasteiger partial charge in [0.2, 0.25) is 11.8 Å². The lowest BCUT2D eigenvalue weighted by Gasteiger charge is -2.11. The zero-order valence-electron chi connectivity index (χ0n) is 9.77. The van der Waals surface area contributed by atoms with E-state index in [1.54, 1.807) is 6.07 Å². The molecule has 0 radical (unpaired) electrons.